The molecule has 0 aliphatic carbocycles. The summed E-state index contributed by atoms with van der Waals surface area (Å²) in [5, 5.41) is 4.50. The Balaban J connectivity index is 1.77. The quantitative estimate of drug-likeness (QED) is 0.789. The Morgan fingerprint density at radius 2 is 1.71 bits per heavy atom. The summed E-state index contributed by atoms with van der Waals surface area (Å²) in [5.41, 5.74) is 1.95. The fourth-order valence-corrected chi connectivity index (χ4v) is 3.26. The van der Waals surface area contributed by atoms with Crippen LogP contribution in [-0.4, -0.2) is 13.2 Å². The molecule has 110 valence electrons. The summed E-state index contributed by atoms with van der Waals surface area (Å²) in [5.74, 6) is 1.52. The van der Waals surface area contributed by atoms with Crippen molar-refractivity contribution < 1.29 is 9.47 Å². The van der Waals surface area contributed by atoms with Crippen molar-refractivity contribution in [3.05, 3.63) is 50.4 Å². The molecule has 0 fully saturated rings. The van der Waals surface area contributed by atoms with Gasteiger partial charge in [-0.2, -0.15) is 0 Å². The predicted molar refractivity (Wildman–Crippen MR) is 88.9 cm³/mol. The molecular weight excluding hydrogens is 377 g/mol. The number of halogens is 3. The molecule has 3 nitrogen and oxygen atoms in total. The summed E-state index contributed by atoms with van der Waals surface area (Å²) in [7, 11) is 0. The van der Waals surface area contributed by atoms with E-state index in [1.807, 2.05) is 24.3 Å². The maximum Gasteiger partial charge on any atom is 0.175 e. The molecule has 1 N–H and O–H groups in total. The van der Waals surface area contributed by atoms with E-state index in [1.165, 1.54) is 0 Å². The smallest absolute Gasteiger partial charge is 0.175 e. The van der Waals surface area contributed by atoms with E-state index in [2.05, 4.69) is 21.2 Å². The Kier molecular flexibility index (Phi) is 4.48. The number of benzene rings is 2. The van der Waals surface area contributed by atoms with Gasteiger partial charge in [-0.25, -0.2) is 0 Å². The predicted octanol–water partition coefficient (Wildman–Crippen LogP) is 5.14. The van der Waals surface area contributed by atoms with E-state index in [4.69, 9.17) is 32.7 Å². The SMILES string of the molecule is Clc1cc(Cl)cc(NCc2cc(Br)c3c(c2)OCCO3)c1. The van der Waals surface area contributed by atoms with Gasteiger partial charge in [-0.3, -0.25) is 0 Å². The molecule has 0 radical (unpaired) electrons. The van der Waals surface area contributed by atoms with Gasteiger partial charge in [-0.05, 0) is 51.8 Å². The van der Waals surface area contributed by atoms with Crippen molar-refractivity contribution in [3.63, 3.8) is 0 Å². The molecule has 0 aromatic heterocycles. The molecule has 6 heteroatoms. The van der Waals surface area contributed by atoms with Crippen LogP contribution in [0.1, 0.15) is 5.56 Å². The zero-order chi connectivity index (χ0) is 14.8. The average molecular weight is 389 g/mol. The second-order valence-electron chi connectivity index (χ2n) is 4.61. The first-order valence-corrected chi connectivity index (χ1v) is 7.95. The minimum Gasteiger partial charge on any atom is -0.486 e. The van der Waals surface area contributed by atoms with Gasteiger partial charge in [-0.1, -0.05) is 23.2 Å². The minimum atomic E-state index is 0.570. The van der Waals surface area contributed by atoms with Gasteiger partial charge in [0.1, 0.15) is 13.2 Å². The monoisotopic (exact) mass is 387 g/mol. The second-order valence-corrected chi connectivity index (χ2v) is 6.34. The van der Waals surface area contributed by atoms with Crippen molar-refractivity contribution in [2.75, 3.05) is 18.5 Å². The molecule has 0 unspecified atom stereocenters. The van der Waals surface area contributed by atoms with Crippen molar-refractivity contribution in [1.82, 2.24) is 0 Å². The number of nitrogens with one attached hydrogen (secondary N) is 1. The van der Waals surface area contributed by atoms with Crippen LogP contribution in [0, 0.1) is 0 Å². The van der Waals surface area contributed by atoms with Crippen LogP contribution < -0.4 is 14.8 Å². The normalized spacial score (nSPS) is 13.1. The van der Waals surface area contributed by atoms with Crippen LogP contribution in [-0.2, 0) is 6.54 Å². The van der Waals surface area contributed by atoms with E-state index in [1.54, 1.807) is 6.07 Å². The summed E-state index contributed by atoms with van der Waals surface area (Å²) in [6.45, 7) is 1.77. The Morgan fingerprint density at radius 3 is 2.48 bits per heavy atom. The second kappa shape index (κ2) is 6.34. The molecule has 0 saturated heterocycles. The summed E-state index contributed by atoms with van der Waals surface area (Å²) in [6, 6.07) is 9.35. The Morgan fingerprint density at radius 1 is 1.00 bits per heavy atom. The molecule has 1 aliphatic rings. The topological polar surface area (TPSA) is 30.5 Å². The first-order chi connectivity index (χ1) is 10.1. The van der Waals surface area contributed by atoms with Crippen LogP contribution in [0.2, 0.25) is 10.0 Å². The van der Waals surface area contributed by atoms with Crippen LogP contribution in [0.4, 0.5) is 5.69 Å². The van der Waals surface area contributed by atoms with Crippen LogP contribution in [0.3, 0.4) is 0 Å². The fraction of sp³-hybridized carbons (Fsp3) is 0.200. The van der Waals surface area contributed by atoms with Crippen molar-refractivity contribution >= 4 is 44.8 Å². The Bertz CT molecular complexity index is 659. The molecule has 3 rings (SSSR count). The van der Waals surface area contributed by atoms with Crippen LogP contribution in [0.5, 0.6) is 11.5 Å². The highest BCUT2D eigenvalue weighted by atomic mass is 79.9. The number of anilines is 1. The van der Waals surface area contributed by atoms with Crippen molar-refractivity contribution in [3.8, 4) is 11.5 Å². The zero-order valence-electron chi connectivity index (χ0n) is 11.0. The van der Waals surface area contributed by atoms with E-state index in [9.17, 15) is 0 Å². The molecule has 21 heavy (non-hydrogen) atoms. The van der Waals surface area contributed by atoms with E-state index >= 15 is 0 Å². The number of hydrogen-bond donors (Lipinski definition) is 1. The third-order valence-electron chi connectivity index (χ3n) is 3.02. The highest BCUT2D eigenvalue weighted by molar-refractivity contribution is 9.10. The molecule has 0 bridgehead atoms. The van der Waals surface area contributed by atoms with Gasteiger partial charge < -0.3 is 14.8 Å². The third kappa shape index (κ3) is 3.57. The molecule has 0 atom stereocenters. The summed E-state index contributed by atoms with van der Waals surface area (Å²) in [6.07, 6.45) is 0. The zero-order valence-corrected chi connectivity index (χ0v) is 14.1. The molecule has 0 saturated carbocycles. The lowest BCUT2D eigenvalue weighted by Gasteiger charge is -2.20. The van der Waals surface area contributed by atoms with Gasteiger partial charge in [0.15, 0.2) is 11.5 Å². The number of fused-ring (bicyclic) bond motifs is 1. The van der Waals surface area contributed by atoms with E-state index in [0.29, 0.717) is 29.8 Å². The minimum absolute atomic E-state index is 0.570. The standard InChI is InChI=1S/C15H12BrCl2NO2/c16-13-3-9(4-14-15(13)21-2-1-20-14)8-19-12-6-10(17)5-11(18)7-12/h3-7,19H,1-2,8H2. The molecule has 2 aromatic rings. The lowest BCUT2D eigenvalue weighted by atomic mass is 10.2. The van der Waals surface area contributed by atoms with E-state index < -0.39 is 0 Å². The van der Waals surface area contributed by atoms with Gasteiger partial charge in [0.05, 0.1) is 4.47 Å². The molecule has 0 amide bonds. The number of hydrogen-bond acceptors (Lipinski definition) is 3. The van der Waals surface area contributed by atoms with Crippen molar-refractivity contribution in [1.29, 1.82) is 0 Å². The van der Waals surface area contributed by atoms with E-state index in [0.717, 1.165) is 27.2 Å². The van der Waals surface area contributed by atoms with Crippen molar-refractivity contribution in [2.24, 2.45) is 0 Å². The molecule has 1 aliphatic heterocycles. The van der Waals surface area contributed by atoms with Crippen molar-refractivity contribution in [2.45, 2.75) is 6.54 Å². The lowest BCUT2D eigenvalue weighted by Crippen LogP contribution is -2.16. The Hall–Kier alpha value is -1.10. The van der Waals surface area contributed by atoms with Gasteiger partial charge in [0.2, 0.25) is 0 Å². The maximum absolute atomic E-state index is 5.98. The van der Waals surface area contributed by atoms with Gasteiger partial charge >= 0.3 is 0 Å². The van der Waals surface area contributed by atoms with E-state index in [-0.39, 0.29) is 0 Å². The highest BCUT2D eigenvalue weighted by Gasteiger charge is 2.16. The van der Waals surface area contributed by atoms with Gasteiger partial charge in [-0.15, -0.1) is 0 Å². The summed E-state index contributed by atoms with van der Waals surface area (Å²) < 4.78 is 12.1. The molecule has 1 heterocycles. The molecule has 0 spiro atoms. The lowest BCUT2D eigenvalue weighted by molar-refractivity contribution is 0.170. The van der Waals surface area contributed by atoms with Gasteiger partial charge in [0.25, 0.3) is 0 Å². The largest absolute Gasteiger partial charge is 0.486 e. The number of ether oxygens (including phenoxy) is 2. The summed E-state index contributed by atoms with van der Waals surface area (Å²) in [4.78, 5) is 0. The van der Waals surface area contributed by atoms with Crippen LogP contribution in [0.25, 0.3) is 0 Å². The van der Waals surface area contributed by atoms with Crippen LogP contribution in [0.15, 0.2) is 34.8 Å². The molecule has 2 aromatic carbocycles. The first kappa shape index (κ1) is 14.8. The molecular formula is C15H12BrCl2NO2. The average Bonchev–Trinajstić information content (AvgIpc) is 2.44. The number of rotatable bonds is 3. The highest BCUT2D eigenvalue weighted by Crippen LogP contribution is 2.38. The van der Waals surface area contributed by atoms with Crippen LogP contribution >= 0.6 is 39.1 Å². The van der Waals surface area contributed by atoms with Gasteiger partial charge in [0, 0.05) is 22.3 Å². The third-order valence-corrected chi connectivity index (χ3v) is 4.04. The first-order valence-electron chi connectivity index (χ1n) is 6.40. The fourth-order valence-electron chi connectivity index (χ4n) is 2.13. The summed E-state index contributed by atoms with van der Waals surface area (Å²) >= 11 is 15.5. The Labute approximate surface area is 141 Å². The maximum atomic E-state index is 5.98.